The van der Waals surface area contributed by atoms with Crippen molar-refractivity contribution in [2.75, 3.05) is 20.3 Å². The molecule has 0 spiro atoms. The zero-order valence-corrected chi connectivity index (χ0v) is 7.87. The zero-order valence-electron chi connectivity index (χ0n) is 7.87. The maximum atomic E-state index is 11.3. The molecular weight excluding hydrogens is 184 g/mol. The number of pyridine rings is 1. The summed E-state index contributed by atoms with van der Waals surface area (Å²) in [7, 11) is 1.55. The molecule has 0 aliphatic heterocycles. The van der Waals surface area contributed by atoms with Gasteiger partial charge in [0.2, 0.25) is 5.56 Å². The van der Waals surface area contributed by atoms with Crippen LogP contribution in [0.5, 0.6) is 0 Å². The summed E-state index contributed by atoms with van der Waals surface area (Å²) < 4.78 is 4.77. The lowest BCUT2D eigenvalue weighted by Gasteiger charge is -2.03. The molecular formula is C9H12N2O3. The van der Waals surface area contributed by atoms with Gasteiger partial charge in [-0.1, -0.05) is 6.07 Å². The lowest BCUT2D eigenvalue weighted by molar-refractivity contribution is 0.0932. The van der Waals surface area contributed by atoms with Crippen LogP contribution in [0.2, 0.25) is 0 Å². The first-order valence-corrected chi connectivity index (χ1v) is 4.20. The van der Waals surface area contributed by atoms with E-state index in [4.69, 9.17) is 4.74 Å². The third-order valence-corrected chi connectivity index (χ3v) is 1.60. The number of carbonyl (C=O) groups excluding carboxylic acids is 1. The molecule has 0 aromatic carbocycles. The summed E-state index contributed by atoms with van der Waals surface area (Å²) in [5.41, 5.74) is -0.0296. The van der Waals surface area contributed by atoms with Crippen molar-refractivity contribution in [1.29, 1.82) is 0 Å². The maximum Gasteiger partial charge on any atom is 0.267 e. The van der Waals surface area contributed by atoms with Gasteiger partial charge in [0.05, 0.1) is 6.61 Å². The molecule has 0 aliphatic rings. The van der Waals surface area contributed by atoms with Crippen LogP contribution < -0.4 is 10.9 Å². The van der Waals surface area contributed by atoms with E-state index < -0.39 is 0 Å². The maximum absolute atomic E-state index is 11.3. The Morgan fingerprint density at radius 2 is 2.36 bits per heavy atom. The van der Waals surface area contributed by atoms with Gasteiger partial charge in [-0.25, -0.2) is 0 Å². The van der Waals surface area contributed by atoms with Crippen molar-refractivity contribution in [1.82, 2.24) is 10.3 Å². The van der Waals surface area contributed by atoms with Gasteiger partial charge in [-0.3, -0.25) is 9.59 Å². The first-order chi connectivity index (χ1) is 6.74. The molecule has 0 saturated carbocycles. The SMILES string of the molecule is COCCNC(=O)c1cccc(=O)[nH]1. The predicted molar refractivity (Wildman–Crippen MR) is 51.3 cm³/mol. The van der Waals surface area contributed by atoms with Gasteiger partial charge < -0.3 is 15.0 Å². The number of H-pyrrole nitrogens is 1. The van der Waals surface area contributed by atoms with Gasteiger partial charge in [0.1, 0.15) is 5.69 Å². The molecule has 0 fully saturated rings. The van der Waals surface area contributed by atoms with Crippen LogP contribution in [0.15, 0.2) is 23.0 Å². The van der Waals surface area contributed by atoms with Gasteiger partial charge in [0.15, 0.2) is 0 Å². The number of hydrogen-bond donors (Lipinski definition) is 2. The Balaban J connectivity index is 2.56. The topological polar surface area (TPSA) is 71.2 Å². The van der Waals surface area contributed by atoms with Crippen molar-refractivity contribution in [2.45, 2.75) is 0 Å². The van der Waals surface area contributed by atoms with Crippen LogP contribution in [-0.2, 0) is 4.74 Å². The van der Waals surface area contributed by atoms with Crippen molar-refractivity contribution >= 4 is 5.91 Å². The molecule has 0 radical (unpaired) electrons. The lowest BCUT2D eigenvalue weighted by Crippen LogP contribution is -2.28. The molecule has 1 amide bonds. The fourth-order valence-corrected chi connectivity index (χ4v) is 0.942. The van der Waals surface area contributed by atoms with E-state index in [9.17, 15) is 9.59 Å². The Morgan fingerprint density at radius 1 is 1.57 bits per heavy atom. The zero-order chi connectivity index (χ0) is 10.4. The average Bonchev–Trinajstić information content (AvgIpc) is 2.18. The van der Waals surface area contributed by atoms with Crippen LogP contribution in [0.4, 0.5) is 0 Å². The summed E-state index contributed by atoms with van der Waals surface area (Å²) >= 11 is 0. The summed E-state index contributed by atoms with van der Waals surface area (Å²) in [5, 5.41) is 2.59. The van der Waals surface area contributed by atoms with E-state index in [2.05, 4.69) is 10.3 Å². The highest BCUT2D eigenvalue weighted by Crippen LogP contribution is 1.88. The lowest BCUT2D eigenvalue weighted by atomic mass is 10.3. The molecule has 0 unspecified atom stereocenters. The molecule has 76 valence electrons. The molecule has 1 aromatic heterocycles. The molecule has 1 aromatic rings. The van der Waals surface area contributed by atoms with Gasteiger partial charge in [-0.15, -0.1) is 0 Å². The number of nitrogens with one attached hydrogen (secondary N) is 2. The van der Waals surface area contributed by atoms with Crippen molar-refractivity contribution in [3.05, 3.63) is 34.2 Å². The number of methoxy groups -OCH3 is 1. The first kappa shape index (κ1) is 10.5. The highest BCUT2D eigenvalue weighted by atomic mass is 16.5. The van der Waals surface area contributed by atoms with E-state index >= 15 is 0 Å². The number of carbonyl (C=O) groups is 1. The molecule has 0 bridgehead atoms. The Kier molecular flexibility index (Phi) is 3.87. The van der Waals surface area contributed by atoms with E-state index in [-0.39, 0.29) is 17.2 Å². The van der Waals surface area contributed by atoms with Crippen molar-refractivity contribution in [3.8, 4) is 0 Å². The van der Waals surface area contributed by atoms with Crippen LogP contribution in [0.3, 0.4) is 0 Å². The molecule has 14 heavy (non-hydrogen) atoms. The van der Waals surface area contributed by atoms with Gasteiger partial charge in [-0.2, -0.15) is 0 Å². The van der Waals surface area contributed by atoms with Crippen LogP contribution >= 0.6 is 0 Å². The van der Waals surface area contributed by atoms with E-state index in [1.165, 1.54) is 12.1 Å². The number of ether oxygens (including phenoxy) is 1. The molecule has 1 heterocycles. The third kappa shape index (κ3) is 3.02. The second-order valence-corrected chi connectivity index (χ2v) is 2.68. The van der Waals surface area contributed by atoms with Gasteiger partial charge in [-0.05, 0) is 6.07 Å². The molecule has 5 heteroatoms. The normalized spacial score (nSPS) is 9.79. The quantitative estimate of drug-likeness (QED) is 0.652. The van der Waals surface area contributed by atoms with Crippen LogP contribution in [0, 0.1) is 0 Å². The fourth-order valence-electron chi connectivity index (χ4n) is 0.942. The van der Waals surface area contributed by atoms with E-state index in [1.807, 2.05) is 0 Å². The number of hydrogen-bond acceptors (Lipinski definition) is 3. The highest BCUT2D eigenvalue weighted by molar-refractivity contribution is 5.92. The number of aromatic amines is 1. The highest BCUT2D eigenvalue weighted by Gasteiger charge is 2.03. The smallest absolute Gasteiger partial charge is 0.267 e. The predicted octanol–water partition coefficient (Wildman–Crippen LogP) is -0.249. The van der Waals surface area contributed by atoms with Crippen LogP contribution in [-0.4, -0.2) is 31.2 Å². The molecule has 0 aliphatic carbocycles. The van der Waals surface area contributed by atoms with E-state index in [0.717, 1.165) is 0 Å². The fraction of sp³-hybridized carbons (Fsp3) is 0.333. The average molecular weight is 196 g/mol. The minimum absolute atomic E-state index is 0.258. The summed E-state index contributed by atoms with van der Waals surface area (Å²) in [6.07, 6.45) is 0. The third-order valence-electron chi connectivity index (χ3n) is 1.60. The van der Waals surface area contributed by atoms with E-state index in [1.54, 1.807) is 13.2 Å². The largest absolute Gasteiger partial charge is 0.383 e. The minimum Gasteiger partial charge on any atom is -0.383 e. The number of amides is 1. The van der Waals surface area contributed by atoms with Gasteiger partial charge in [0.25, 0.3) is 5.91 Å². The van der Waals surface area contributed by atoms with Crippen LogP contribution in [0.25, 0.3) is 0 Å². The van der Waals surface area contributed by atoms with Gasteiger partial charge in [0, 0.05) is 19.7 Å². The van der Waals surface area contributed by atoms with E-state index in [0.29, 0.717) is 13.2 Å². The summed E-state index contributed by atoms with van der Waals surface area (Å²) in [5.74, 6) is -0.306. The molecule has 0 atom stereocenters. The molecule has 0 saturated heterocycles. The van der Waals surface area contributed by atoms with Crippen molar-refractivity contribution in [2.24, 2.45) is 0 Å². The number of aromatic nitrogens is 1. The second kappa shape index (κ2) is 5.18. The van der Waals surface area contributed by atoms with Crippen LogP contribution in [0.1, 0.15) is 10.5 Å². The summed E-state index contributed by atoms with van der Waals surface area (Å²) in [4.78, 5) is 24.6. The van der Waals surface area contributed by atoms with Crippen molar-refractivity contribution < 1.29 is 9.53 Å². The molecule has 5 nitrogen and oxygen atoms in total. The molecule has 2 N–H and O–H groups in total. The first-order valence-electron chi connectivity index (χ1n) is 4.20. The number of rotatable bonds is 4. The Morgan fingerprint density at radius 3 is 3.00 bits per heavy atom. The standard InChI is InChI=1S/C9H12N2O3/c1-14-6-5-10-9(13)7-3-2-4-8(12)11-7/h2-4H,5-6H2,1H3,(H,10,13)(H,11,12). The minimum atomic E-state index is -0.306. The summed E-state index contributed by atoms with van der Waals surface area (Å²) in [6, 6.07) is 4.43. The Hall–Kier alpha value is -1.62. The Labute approximate surface area is 81.1 Å². The van der Waals surface area contributed by atoms with Gasteiger partial charge >= 0.3 is 0 Å². The monoisotopic (exact) mass is 196 g/mol. The van der Waals surface area contributed by atoms with Crippen molar-refractivity contribution in [3.63, 3.8) is 0 Å². The summed E-state index contributed by atoms with van der Waals surface area (Å²) in [6.45, 7) is 0.870. The second-order valence-electron chi connectivity index (χ2n) is 2.68. The Bertz CT molecular complexity index is 359. The molecule has 1 rings (SSSR count).